The van der Waals surface area contributed by atoms with Gasteiger partial charge in [-0.25, -0.2) is 0 Å². The van der Waals surface area contributed by atoms with E-state index in [4.69, 9.17) is 9.15 Å². The van der Waals surface area contributed by atoms with Gasteiger partial charge in [-0.3, -0.25) is 9.59 Å². The van der Waals surface area contributed by atoms with Crippen molar-refractivity contribution in [1.29, 1.82) is 0 Å². The Morgan fingerprint density at radius 1 is 1.09 bits per heavy atom. The maximum atomic E-state index is 13.6. The van der Waals surface area contributed by atoms with E-state index in [9.17, 15) is 9.59 Å². The van der Waals surface area contributed by atoms with Crippen LogP contribution >= 0.6 is 15.9 Å². The van der Waals surface area contributed by atoms with Crippen molar-refractivity contribution in [2.75, 3.05) is 13.2 Å². The van der Waals surface area contributed by atoms with Crippen molar-refractivity contribution in [3.05, 3.63) is 79.6 Å². The van der Waals surface area contributed by atoms with E-state index in [-0.39, 0.29) is 28.6 Å². The molecule has 2 aliphatic heterocycles. The van der Waals surface area contributed by atoms with E-state index in [1.54, 1.807) is 17.0 Å². The van der Waals surface area contributed by atoms with Gasteiger partial charge in [-0.15, -0.1) is 0 Å². The molecule has 1 aromatic heterocycles. The number of ether oxygens (including phenoxy) is 1. The van der Waals surface area contributed by atoms with E-state index in [2.05, 4.69) is 48.8 Å². The van der Waals surface area contributed by atoms with Crippen LogP contribution in [0.1, 0.15) is 66.9 Å². The standard InChI is InChI=1S/C26H26BrNO4/c1-26(2,3)16-8-6-15(7-9-16)22-21-23(29)19-13-17(27)10-11-20(19)32-24(21)25(30)28(22)14-18-5-4-12-31-18/h6-11,13,18,22H,4-5,12,14H2,1-3H3. The third-order valence-corrected chi connectivity index (χ3v) is 6.94. The Morgan fingerprint density at radius 2 is 1.84 bits per heavy atom. The molecule has 0 radical (unpaired) electrons. The molecule has 1 fully saturated rings. The quantitative estimate of drug-likeness (QED) is 0.475. The summed E-state index contributed by atoms with van der Waals surface area (Å²) in [5.41, 5.74) is 2.81. The van der Waals surface area contributed by atoms with Gasteiger partial charge in [0.1, 0.15) is 5.58 Å². The van der Waals surface area contributed by atoms with Crippen LogP contribution in [-0.2, 0) is 10.2 Å². The average molecular weight is 496 g/mol. The number of nitrogens with zero attached hydrogens (tertiary/aromatic N) is 1. The first kappa shape index (κ1) is 21.4. The van der Waals surface area contributed by atoms with Gasteiger partial charge in [0, 0.05) is 17.6 Å². The molecule has 0 saturated carbocycles. The lowest BCUT2D eigenvalue weighted by Gasteiger charge is -2.28. The molecule has 2 aromatic carbocycles. The predicted molar refractivity (Wildman–Crippen MR) is 127 cm³/mol. The lowest BCUT2D eigenvalue weighted by molar-refractivity contribution is 0.0486. The Balaban J connectivity index is 1.67. The van der Waals surface area contributed by atoms with Crippen molar-refractivity contribution in [3.63, 3.8) is 0 Å². The number of fused-ring (bicyclic) bond motifs is 2. The van der Waals surface area contributed by atoms with E-state index in [1.807, 2.05) is 18.2 Å². The second-order valence-electron chi connectivity index (χ2n) is 9.68. The zero-order valence-corrected chi connectivity index (χ0v) is 20.1. The summed E-state index contributed by atoms with van der Waals surface area (Å²) in [5, 5.41) is 0.473. The summed E-state index contributed by atoms with van der Waals surface area (Å²) in [5.74, 6) is -0.102. The van der Waals surface area contributed by atoms with Gasteiger partial charge in [-0.2, -0.15) is 0 Å². The normalized spacial score (nSPS) is 20.9. The Morgan fingerprint density at radius 3 is 2.50 bits per heavy atom. The van der Waals surface area contributed by atoms with E-state index in [1.165, 1.54) is 5.56 Å². The molecule has 3 aromatic rings. The molecule has 0 spiro atoms. The van der Waals surface area contributed by atoms with Gasteiger partial charge >= 0.3 is 0 Å². The van der Waals surface area contributed by atoms with Crippen LogP contribution in [0.3, 0.4) is 0 Å². The minimum absolute atomic E-state index is 0.0147. The van der Waals surface area contributed by atoms with Crippen LogP contribution in [0.4, 0.5) is 0 Å². The van der Waals surface area contributed by atoms with Crippen molar-refractivity contribution in [2.45, 2.75) is 51.2 Å². The fourth-order valence-corrected chi connectivity index (χ4v) is 5.06. The number of amides is 1. The van der Waals surface area contributed by atoms with Gasteiger partial charge in [-0.1, -0.05) is 61.0 Å². The molecular formula is C26H26BrNO4. The number of carbonyl (C=O) groups excluding carboxylic acids is 1. The largest absolute Gasteiger partial charge is 0.450 e. The van der Waals surface area contributed by atoms with Gasteiger partial charge in [0.2, 0.25) is 5.76 Å². The van der Waals surface area contributed by atoms with Crippen LogP contribution in [0.25, 0.3) is 11.0 Å². The third kappa shape index (κ3) is 3.59. The minimum atomic E-state index is -0.490. The Bertz CT molecular complexity index is 1250. The van der Waals surface area contributed by atoms with E-state index < -0.39 is 6.04 Å². The Kier molecular flexibility index (Phi) is 5.25. The van der Waals surface area contributed by atoms with Crippen LogP contribution in [0.15, 0.2) is 56.1 Å². The molecule has 2 unspecified atom stereocenters. The van der Waals surface area contributed by atoms with Gasteiger partial charge in [-0.05, 0) is 47.6 Å². The van der Waals surface area contributed by atoms with Crippen LogP contribution < -0.4 is 5.43 Å². The predicted octanol–water partition coefficient (Wildman–Crippen LogP) is 5.58. The summed E-state index contributed by atoms with van der Waals surface area (Å²) < 4.78 is 12.6. The van der Waals surface area contributed by atoms with Gasteiger partial charge in [0.15, 0.2) is 5.43 Å². The fourth-order valence-electron chi connectivity index (χ4n) is 4.70. The monoisotopic (exact) mass is 495 g/mol. The molecule has 1 amide bonds. The van der Waals surface area contributed by atoms with Gasteiger partial charge in [0.25, 0.3) is 5.91 Å². The summed E-state index contributed by atoms with van der Waals surface area (Å²) in [6.07, 6.45) is 1.87. The van der Waals surface area contributed by atoms with Crippen molar-refractivity contribution in [3.8, 4) is 0 Å². The zero-order chi connectivity index (χ0) is 22.6. The van der Waals surface area contributed by atoms with E-state index >= 15 is 0 Å². The molecule has 0 aliphatic carbocycles. The van der Waals surface area contributed by atoms with E-state index in [0.29, 0.717) is 29.7 Å². The second-order valence-corrected chi connectivity index (χ2v) is 10.6. The first-order valence-electron chi connectivity index (χ1n) is 11.0. The molecule has 3 heterocycles. The lowest BCUT2D eigenvalue weighted by atomic mass is 9.86. The maximum absolute atomic E-state index is 13.6. The maximum Gasteiger partial charge on any atom is 0.291 e. The Hall–Kier alpha value is -2.44. The molecule has 32 heavy (non-hydrogen) atoms. The van der Waals surface area contributed by atoms with Crippen molar-refractivity contribution >= 4 is 32.8 Å². The van der Waals surface area contributed by atoms with Crippen molar-refractivity contribution in [2.24, 2.45) is 0 Å². The SMILES string of the molecule is CC(C)(C)c1ccc(C2c3c(oc4ccc(Br)cc4c3=O)C(=O)N2CC2CCCO2)cc1. The number of rotatable bonds is 3. The number of carbonyl (C=O) groups is 1. The molecule has 1 saturated heterocycles. The number of halogens is 1. The van der Waals surface area contributed by atoms with Crippen LogP contribution in [0.2, 0.25) is 0 Å². The van der Waals surface area contributed by atoms with Crippen molar-refractivity contribution < 1.29 is 13.9 Å². The van der Waals surface area contributed by atoms with Crippen LogP contribution in [-0.4, -0.2) is 30.1 Å². The summed E-state index contributed by atoms with van der Waals surface area (Å²) >= 11 is 3.44. The second kappa shape index (κ2) is 7.85. The topological polar surface area (TPSA) is 59.8 Å². The highest BCUT2D eigenvalue weighted by Gasteiger charge is 2.44. The molecule has 5 nitrogen and oxygen atoms in total. The summed E-state index contributed by atoms with van der Waals surface area (Å²) in [6, 6.07) is 13.0. The molecule has 5 rings (SSSR count). The molecular weight excluding hydrogens is 470 g/mol. The minimum Gasteiger partial charge on any atom is -0.450 e. The molecule has 0 bridgehead atoms. The molecule has 6 heteroatoms. The lowest BCUT2D eigenvalue weighted by Crippen LogP contribution is -2.36. The van der Waals surface area contributed by atoms with Gasteiger partial charge < -0.3 is 14.1 Å². The Labute approximate surface area is 195 Å². The average Bonchev–Trinajstić information content (AvgIpc) is 3.36. The number of hydrogen-bond acceptors (Lipinski definition) is 4. The highest BCUT2D eigenvalue weighted by atomic mass is 79.9. The molecule has 0 N–H and O–H groups in total. The first-order valence-corrected chi connectivity index (χ1v) is 11.8. The van der Waals surface area contributed by atoms with Crippen molar-refractivity contribution in [1.82, 2.24) is 4.90 Å². The first-order chi connectivity index (χ1) is 15.2. The molecule has 2 atom stereocenters. The molecule has 2 aliphatic rings. The summed E-state index contributed by atoms with van der Waals surface area (Å²) in [6.45, 7) is 7.64. The highest BCUT2D eigenvalue weighted by Crippen LogP contribution is 2.39. The van der Waals surface area contributed by atoms with Crippen LogP contribution in [0.5, 0.6) is 0 Å². The zero-order valence-electron chi connectivity index (χ0n) is 18.5. The highest BCUT2D eigenvalue weighted by molar-refractivity contribution is 9.10. The third-order valence-electron chi connectivity index (χ3n) is 6.44. The summed E-state index contributed by atoms with van der Waals surface area (Å²) in [4.78, 5) is 28.9. The fraction of sp³-hybridized carbons (Fsp3) is 0.385. The van der Waals surface area contributed by atoms with Gasteiger partial charge in [0.05, 0.1) is 23.1 Å². The smallest absolute Gasteiger partial charge is 0.291 e. The number of hydrogen-bond donors (Lipinski definition) is 0. The molecule has 166 valence electrons. The summed E-state index contributed by atoms with van der Waals surface area (Å²) in [7, 11) is 0. The number of benzene rings is 2. The van der Waals surface area contributed by atoms with Crippen LogP contribution in [0, 0.1) is 0 Å². The van der Waals surface area contributed by atoms with E-state index in [0.717, 1.165) is 22.9 Å².